The van der Waals surface area contributed by atoms with Crippen LogP contribution in [-0.4, -0.2) is 10.9 Å². The molecule has 5 heteroatoms. The number of rotatable bonds is 5. The Hall–Kier alpha value is -2.43. The van der Waals surface area contributed by atoms with E-state index >= 15 is 0 Å². The fourth-order valence-corrected chi connectivity index (χ4v) is 3.84. The highest BCUT2D eigenvalue weighted by molar-refractivity contribution is 8.14. The average Bonchev–Trinajstić information content (AvgIpc) is 3.20. The molecule has 3 nitrogen and oxygen atoms in total. The molecule has 0 saturated carbocycles. The molecule has 136 valence electrons. The largest absolute Gasteiger partial charge is 0.489 e. The summed E-state index contributed by atoms with van der Waals surface area (Å²) < 4.78 is 5.94. The lowest BCUT2D eigenvalue weighted by atomic mass is 10.2. The Bertz CT molecular complexity index is 975. The molecule has 3 aromatic rings. The van der Waals surface area contributed by atoms with E-state index in [0.717, 1.165) is 44.1 Å². The predicted molar refractivity (Wildman–Crippen MR) is 115 cm³/mol. The first kappa shape index (κ1) is 18.0. The highest BCUT2D eigenvalue weighted by Gasteiger charge is 2.19. The Morgan fingerprint density at radius 2 is 1.89 bits per heavy atom. The number of hydrazone groups is 1. The molecule has 0 aromatic heterocycles. The molecule has 0 amide bonds. The Balaban J connectivity index is 1.49. The van der Waals surface area contributed by atoms with Gasteiger partial charge in [-0.2, -0.15) is 5.10 Å². The quantitative estimate of drug-likeness (QED) is 0.522. The number of benzene rings is 3. The third-order valence-electron chi connectivity index (χ3n) is 4.32. The Morgan fingerprint density at radius 1 is 1.04 bits per heavy atom. The zero-order valence-corrected chi connectivity index (χ0v) is 16.5. The summed E-state index contributed by atoms with van der Waals surface area (Å²) in [5, 5.41) is 8.48. The van der Waals surface area contributed by atoms with Crippen molar-refractivity contribution in [3.8, 4) is 5.75 Å². The van der Waals surface area contributed by atoms with Crippen molar-refractivity contribution in [2.75, 3.05) is 10.9 Å². The molecule has 3 aromatic carbocycles. The van der Waals surface area contributed by atoms with Crippen molar-refractivity contribution in [2.24, 2.45) is 5.10 Å². The van der Waals surface area contributed by atoms with Crippen LogP contribution in [0, 0.1) is 6.92 Å². The van der Waals surface area contributed by atoms with Crippen molar-refractivity contribution < 1.29 is 4.74 Å². The standard InChI is InChI=1S/C22H19ClN2OS/c1-16-10-11-19(13-21(16)23)25-15-27-22(24-25)18-8-5-9-20(12-18)26-14-17-6-3-2-4-7-17/h2-13H,14-15H2,1H3. The van der Waals surface area contributed by atoms with E-state index in [1.807, 2.05) is 66.5 Å². The zero-order chi connectivity index (χ0) is 18.6. The molecule has 0 N–H and O–H groups in total. The maximum Gasteiger partial charge on any atom is 0.126 e. The van der Waals surface area contributed by atoms with E-state index in [4.69, 9.17) is 21.4 Å². The van der Waals surface area contributed by atoms with Crippen molar-refractivity contribution in [3.05, 3.63) is 94.5 Å². The first-order valence-electron chi connectivity index (χ1n) is 8.71. The molecule has 0 atom stereocenters. The van der Waals surface area contributed by atoms with Gasteiger partial charge in [-0.25, -0.2) is 0 Å². The van der Waals surface area contributed by atoms with Crippen LogP contribution in [-0.2, 0) is 6.61 Å². The van der Waals surface area contributed by atoms with Gasteiger partial charge in [0.05, 0.1) is 11.6 Å². The Labute approximate surface area is 168 Å². The number of hydrogen-bond acceptors (Lipinski definition) is 4. The second kappa shape index (κ2) is 8.07. The maximum atomic E-state index is 6.25. The van der Waals surface area contributed by atoms with Gasteiger partial charge in [0.1, 0.15) is 17.4 Å². The number of aryl methyl sites for hydroxylation is 1. The van der Waals surface area contributed by atoms with Gasteiger partial charge in [-0.1, -0.05) is 71.9 Å². The molecule has 1 heterocycles. The van der Waals surface area contributed by atoms with Gasteiger partial charge < -0.3 is 4.74 Å². The average molecular weight is 395 g/mol. The number of ether oxygens (including phenoxy) is 1. The van der Waals surface area contributed by atoms with Crippen LogP contribution in [0.4, 0.5) is 5.69 Å². The zero-order valence-electron chi connectivity index (χ0n) is 14.9. The van der Waals surface area contributed by atoms with Crippen LogP contribution in [0.25, 0.3) is 0 Å². The minimum absolute atomic E-state index is 0.553. The first-order valence-corrected chi connectivity index (χ1v) is 10.1. The summed E-state index contributed by atoms with van der Waals surface area (Å²) >= 11 is 7.96. The Morgan fingerprint density at radius 3 is 2.70 bits per heavy atom. The molecular formula is C22H19ClN2OS. The highest BCUT2D eigenvalue weighted by atomic mass is 35.5. The molecule has 0 fully saturated rings. The molecule has 0 aliphatic carbocycles. The van der Waals surface area contributed by atoms with Crippen LogP contribution < -0.4 is 9.75 Å². The van der Waals surface area contributed by atoms with E-state index in [0.29, 0.717) is 6.61 Å². The lowest BCUT2D eigenvalue weighted by molar-refractivity contribution is 0.306. The maximum absolute atomic E-state index is 6.25. The molecule has 27 heavy (non-hydrogen) atoms. The number of anilines is 1. The molecule has 0 radical (unpaired) electrons. The van der Waals surface area contributed by atoms with Crippen molar-refractivity contribution in [3.63, 3.8) is 0 Å². The summed E-state index contributed by atoms with van der Waals surface area (Å²) in [7, 11) is 0. The summed E-state index contributed by atoms with van der Waals surface area (Å²) in [5.41, 5.74) is 4.29. The van der Waals surface area contributed by atoms with E-state index < -0.39 is 0 Å². The summed E-state index contributed by atoms with van der Waals surface area (Å²) in [4.78, 5) is 0. The van der Waals surface area contributed by atoms with Crippen molar-refractivity contribution in [1.82, 2.24) is 0 Å². The normalized spacial score (nSPS) is 13.6. The van der Waals surface area contributed by atoms with Gasteiger partial charge in [-0.15, -0.1) is 0 Å². The number of hydrogen-bond donors (Lipinski definition) is 0. The van der Waals surface area contributed by atoms with Gasteiger partial charge >= 0.3 is 0 Å². The van der Waals surface area contributed by atoms with Gasteiger partial charge in [-0.05, 0) is 42.3 Å². The first-order chi connectivity index (χ1) is 13.2. The van der Waals surface area contributed by atoms with Crippen molar-refractivity contribution >= 4 is 34.1 Å². The molecule has 0 bridgehead atoms. The lowest BCUT2D eigenvalue weighted by Crippen LogP contribution is -2.10. The van der Waals surface area contributed by atoms with Crippen molar-refractivity contribution in [1.29, 1.82) is 0 Å². The molecule has 0 unspecified atom stereocenters. The number of halogens is 1. The molecule has 0 saturated heterocycles. The van der Waals surface area contributed by atoms with Crippen LogP contribution >= 0.6 is 23.4 Å². The summed E-state index contributed by atoms with van der Waals surface area (Å²) in [5.74, 6) is 1.61. The van der Waals surface area contributed by atoms with Gasteiger partial charge in [0.15, 0.2) is 0 Å². The highest BCUT2D eigenvalue weighted by Crippen LogP contribution is 2.31. The van der Waals surface area contributed by atoms with Crippen LogP contribution in [0.2, 0.25) is 5.02 Å². The van der Waals surface area contributed by atoms with Gasteiger partial charge in [0.2, 0.25) is 0 Å². The fraction of sp³-hybridized carbons (Fsp3) is 0.136. The van der Waals surface area contributed by atoms with Gasteiger partial charge in [-0.3, -0.25) is 5.01 Å². The smallest absolute Gasteiger partial charge is 0.126 e. The third kappa shape index (κ3) is 4.29. The molecule has 4 rings (SSSR count). The molecular weight excluding hydrogens is 376 g/mol. The van der Waals surface area contributed by atoms with Gasteiger partial charge in [0.25, 0.3) is 0 Å². The SMILES string of the molecule is Cc1ccc(N2CSC(c3cccc(OCc4ccccc4)c3)=N2)cc1Cl. The monoisotopic (exact) mass is 394 g/mol. The van der Waals surface area contributed by atoms with E-state index in [-0.39, 0.29) is 0 Å². The molecule has 1 aliphatic rings. The minimum Gasteiger partial charge on any atom is -0.489 e. The third-order valence-corrected chi connectivity index (χ3v) is 5.69. The second-order valence-electron chi connectivity index (χ2n) is 6.31. The van der Waals surface area contributed by atoms with E-state index in [1.54, 1.807) is 11.8 Å². The second-order valence-corrected chi connectivity index (χ2v) is 7.65. The predicted octanol–water partition coefficient (Wildman–Crippen LogP) is 6.10. The summed E-state index contributed by atoms with van der Waals surface area (Å²) in [6.45, 7) is 2.55. The lowest BCUT2D eigenvalue weighted by Gasteiger charge is -2.13. The van der Waals surface area contributed by atoms with Crippen molar-refractivity contribution in [2.45, 2.75) is 13.5 Å². The topological polar surface area (TPSA) is 24.8 Å². The minimum atomic E-state index is 0.553. The summed E-state index contributed by atoms with van der Waals surface area (Å²) in [6, 6.07) is 24.3. The van der Waals surface area contributed by atoms with E-state index in [2.05, 4.69) is 18.2 Å². The van der Waals surface area contributed by atoms with Crippen LogP contribution in [0.1, 0.15) is 16.7 Å². The van der Waals surface area contributed by atoms with E-state index in [9.17, 15) is 0 Å². The van der Waals surface area contributed by atoms with Crippen LogP contribution in [0.15, 0.2) is 77.9 Å². The van der Waals surface area contributed by atoms with Crippen LogP contribution in [0.3, 0.4) is 0 Å². The van der Waals surface area contributed by atoms with Crippen LogP contribution in [0.5, 0.6) is 5.75 Å². The summed E-state index contributed by atoms with van der Waals surface area (Å²) in [6.07, 6.45) is 0. The van der Waals surface area contributed by atoms with E-state index in [1.165, 1.54) is 0 Å². The fourth-order valence-electron chi connectivity index (χ4n) is 2.77. The number of thioether (sulfide) groups is 1. The number of nitrogens with zero attached hydrogens (tertiary/aromatic N) is 2. The molecule has 0 spiro atoms. The Kier molecular flexibility index (Phi) is 5.37. The van der Waals surface area contributed by atoms with Gasteiger partial charge in [0, 0.05) is 10.6 Å². The molecule has 1 aliphatic heterocycles.